The molecule has 158 valence electrons. The van der Waals surface area contributed by atoms with Crippen LogP contribution in [0.1, 0.15) is 67.7 Å². The zero-order valence-electron chi connectivity index (χ0n) is 18.5. The van der Waals surface area contributed by atoms with Crippen molar-refractivity contribution in [3.63, 3.8) is 0 Å². The molecule has 1 aromatic heterocycles. The largest absolute Gasteiger partial charge is 0.307 e. The number of rotatable bonds is 6. The molecular weight excluding hydrogens is 388 g/mol. The minimum Gasteiger partial charge on any atom is -0.307 e. The lowest BCUT2D eigenvalue weighted by Crippen LogP contribution is -2.19. The second-order valence-electron chi connectivity index (χ2n) is 9.30. The third-order valence-electron chi connectivity index (χ3n) is 5.77. The van der Waals surface area contributed by atoms with E-state index < -0.39 is 0 Å². The first-order valence-electron chi connectivity index (χ1n) is 10.8. The molecule has 0 spiro atoms. The van der Waals surface area contributed by atoms with Gasteiger partial charge in [-0.15, -0.1) is 10.2 Å². The first kappa shape index (κ1) is 21.1. The van der Waals surface area contributed by atoms with Crippen molar-refractivity contribution in [1.29, 1.82) is 0 Å². The van der Waals surface area contributed by atoms with E-state index in [0.29, 0.717) is 6.04 Å². The summed E-state index contributed by atoms with van der Waals surface area (Å²) >= 11 is 1.78. The van der Waals surface area contributed by atoms with E-state index in [-0.39, 0.29) is 5.41 Å². The van der Waals surface area contributed by atoms with Gasteiger partial charge in [0.1, 0.15) is 0 Å². The molecule has 0 amide bonds. The Bertz CT molecular complexity index is 962. The Morgan fingerprint density at radius 1 is 1.00 bits per heavy atom. The van der Waals surface area contributed by atoms with Gasteiger partial charge in [0.15, 0.2) is 11.0 Å². The Balaban J connectivity index is 1.54. The van der Waals surface area contributed by atoms with E-state index in [1.54, 1.807) is 11.8 Å². The number of thioether (sulfide) groups is 1. The molecule has 0 radical (unpaired) electrons. The van der Waals surface area contributed by atoms with Gasteiger partial charge in [-0.3, -0.25) is 0 Å². The van der Waals surface area contributed by atoms with Crippen molar-refractivity contribution < 1.29 is 0 Å². The normalized spacial score (nSPS) is 16.9. The van der Waals surface area contributed by atoms with Crippen LogP contribution in [0.3, 0.4) is 0 Å². The number of benzene rings is 2. The van der Waals surface area contributed by atoms with E-state index in [9.17, 15) is 0 Å². The molecule has 0 saturated carbocycles. The third kappa shape index (κ3) is 4.96. The molecule has 0 aliphatic carbocycles. The van der Waals surface area contributed by atoms with E-state index in [4.69, 9.17) is 0 Å². The van der Waals surface area contributed by atoms with E-state index in [1.807, 2.05) is 0 Å². The molecule has 0 bridgehead atoms. The molecule has 1 aliphatic rings. The van der Waals surface area contributed by atoms with Crippen LogP contribution in [0.15, 0.2) is 53.7 Å². The lowest BCUT2D eigenvalue weighted by atomic mass is 9.87. The average molecular weight is 421 g/mol. The van der Waals surface area contributed by atoms with Crippen LogP contribution in [0.25, 0.3) is 0 Å². The van der Waals surface area contributed by atoms with Gasteiger partial charge < -0.3 is 9.88 Å². The second kappa shape index (κ2) is 8.94. The summed E-state index contributed by atoms with van der Waals surface area (Å²) in [4.78, 5) is 0. The van der Waals surface area contributed by atoms with Gasteiger partial charge in [0.2, 0.25) is 0 Å². The summed E-state index contributed by atoms with van der Waals surface area (Å²) in [6, 6.07) is 18.1. The quantitative estimate of drug-likeness (QED) is 0.523. The Morgan fingerprint density at radius 3 is 2.33 bits per heavy atom. The van der Waals surface area contributed by atoms with E-state index >= 15 is 0 Å². The molecule has 4 nitrogen and oxygen atoms in total. The van der Waals surface area contributed by atoms with Crippen LogP contribution in [-0.2, 0) is 17.7 Å². The van der Waals surface area contributed by atoms with Crippen LogP contribution in [0.5, 0.6) is 0 Å². The number of aromatic nitrogens is 3. The lowest BCUT2D eigenvalue weighted by molar-refractivity contribution is 0.550. The summed E-state index contributed by atoms with van der Waals surface area (Å²) in [6.07, 6.45) is 2.33. The minimum atomic E-state index is 0.184. The molecule has 5 heteroatoms. The maximum atomic E-state index is 4.60. The fourth-order valence-electron chi connectivity index (χ4n) is 3.84. The van der Waals surface area contributed by atoms with Crippen molar-refractivity contribution in [2.75, 3.05) is 6.54 Å². The van der Waals surface area contributed by atoms with Crippen LogP contribution >= 0.6 is 11.8 Å². The van der Waals surface area contributed by atoms with Crippen molar-refractivity contribution in [2.45, 2.75) is 69.4 Å². The van der Waals surface area contributed by atoms with Crippen molar-refractivity contribution >= 4 is 11.8 Å². The Morgan fingerprint density at radius 2 is 1.70 bits per heavy atom. The summed E-state index contributed by atoms with van der Waals surface area (Å²) in [6.45, 7) is 10.8. The van der Waals surface area contributed by atoms with Crippen LogP contribution in [0, 0.1) is 6.92 Å². The van der Waals surface area contributed by atoms with Crippen LogP contribution in [0.2, 0.25) is 0 Å². The fourth-order valence-corrected chi connectivity index (χ4v) is 4.74. The summed E-state index contributed by atoms with van der Waals surface area (Å²) in [5, 5.41) is 13.8. The number of aryl methyl sites for hydroxylation is 1. The Labute approximate surface area is 184 Å². The number of nitrogens with zero attached hydrogens (tertiary/aromatic N) is 3. The summed E-state index contributed by atoms with van der Waals surface area (Å²) in [7, 11) is 0. The van der Waals surface area contributed by atoms with Gasteiger partial charge in [0.05, 0.1) is 12.6 Å². The molecule has 1 N–H and O–H groups in total. The van der Waals surface area contributed by atoms with Gasteiger partial charge >= 0.3 is 0 Å². The first-order valence-corrected chi connectivity index (χ1v) is 11.8. The van der Waals surface area contributed by atoms with Crippen molar-refractivity contribution in [1.82, 2.24) is 20.1 Å². The predicted molar refractivity (Wildman–Crippen MR) is 125 cm³/mol. The topological polar surface area (TPSA) is 42.7 Å². The van der Waals surface area contributed by atoms with Gasteiger partial charge in [-0.25, -0.2) is 0 Å². The molecule has 4 rings (SSSR count). The van der Waals surface area contributed by atoms with Gasteiger partial charge in [-0.1, -0.05) is 86.6 Å². The van der Waals surface area contributed by atoms with Gasteiger partial charge in [0.25, 0.3) is 0 Å². The van der Waals surface area contributed by atoms with Gasteiger partial charge in [0, 0.05) is 5.75 Å². The fraction of sp³-hybridized carbons (Fsp3) is 0.440. The molecule has 1 fully saturated rings. The standard InChI is InChI=1S/C25H32N4S/c1-18-7-9-19(10-8-18)16-29-23(22-6-5-15-26-22)27-28-24(29)30-17-20-11-13-21(14-12-20)25(2,3)4/h7-14,22,26H,5-6,15-17H2,1-4H3. The summed E-state index contributed by atoms with van der Waals surface area (Å²) in [5.74, 6) is 1.97. The molecule has 1 unspecified atom stereocenters. The van der Waals surface area contributed by atoms with Crippen molar-refractivity contribution in [2.24, 2.45) is 0 Å². The molecule has 1 atom stereocenters. The summed E-state index contributed by atoms with van der Waals surface area (Å²) in [5.41, 5.74) is 5.44. The maximum Gasteiger partial charge on any atom is 0.191 e. The highest BCUT2D eigenvalue weighted by Crippen LogP contribution is 2.29. The maximum absolute atomic E-state index is 4.60. The monoisotopic (exact) mass is 420 g/mol. The molecule has 1 saturated heterocycles. The smallest absolute Gasteiger partial charge is 0.191 e. The molecule has 3 aromatic rings. The predicted octanol–water partition coefficient (Wildman–Crippen LogP) is 5.65. The summed E-state index contributed by atoms with van der Waals surface area (Å²) < 4.78 is 2.31. The van der Waals surface area contributed by atoms with Crippen LogP contribution in [0.4, 0.5) is 0 Å². The third-order valence-corrected chi connectivity index (χ3v) is 6.80. The van der Waals surface area contributed by atoms with E-state index in [0.717, 1.165) is 36.2 Å². The molecular formula is C25H32N4S. The molecule has 1 aliphatic heterocycles. The Kier molecular flexibility index (Phi) is 6.30. The zero-order chi connectivity index (χ0) is 21.1. The second-order valence-corrected chi connectivity index (χ2v) is 10.2. The molecule has 2 aromatic carbocycles. The van der Waals surface area contributed by atoms with Crippen molar-refractivity contribution in [3.05, 3.63) is 76.6 Å². The minimum absolute atomic E-state index is 0.184. The first-order chi connectivity index (χ1) is 14.4. The van der Waals surface area contributed by atoms with Gasteiger partial charge in [-0.2, -0.15) is 0 Å². The van der Waals surface area contributed by atoms with Crippen LogP contribution in [-0.4, -0.2) is 21.3 Å². The zero-order valence-corrected chi connectivity index (χ0v) is 19.3. The highest BCUT2D eigenvalue weighted by atomic mass is 32.2. The number of hydrogen-bond donors (Lipinski definition) is 1. The van der Waals surface area contributed by atoms with Crippen LogP contribution < -0.4 is 5.32 Å². The average Bonchev–Trinajstić information content (AvgIpc) is 3.38. The molecule has 30 heavy (non-hydrogen) atoms. The molecule has 2 heterocycles. The van der Waals surface area contributed by atoms with Crippen molar-refractivity contribution in [3.8, 4) is 0 Å². The highest BCUT2D eigenvalue weighted by Gasteiger charge is 2.24. The van der Waals surface area contributed by atoms with E-state index in [1.165, 1.54) is 28.7 Å². The Hall–Kier alpha value is -2.11. The lowest BCUT2D eigenvalue weighted by Gasteiger charge is -2.19. The number of nitrogens with one attached hydrogen (secondary N) is 1. The van der Waals surface area contributed by atoms with E-state index in [2.05, 4.69) is 96.3 Å². The number of hydrogen-bond acceptors (Lipinski definition) is 4. The highest BCUT2D eigenvalue weighted by molar-refractivity contribution is 7.98. The SMILES string of the molecule is Cc1ccc(Cn2c(SCc3ccc(C(C)(C)C)cc3)nnc2C2CCCN2)cc1. The van der Waals surface area contributed by atoms with Gasteiger partial charge in [-0.05, 0) is 48.4 Å².